The van der Waals surface area contributed by atoms with Crippen molar-refractivity contribution < 1.29 is 4.79 Å². The Bertz CT molecular complexity index is 544. The van der Waals surface area contributed by atoms with Crippen molar-refractivity contribution in [3.63, 3.8) is 0 Å². The number of nitrogens with zero attached hydrogens (tertiary/aromatic N) is 2. The number of halogens is 1. The summed E-state index contributed by atoms with van der Waals surface area (Å²) in [5, 5.41) is 0.627. The van der Waals surface area contributed by atoms with Gasteiger partial charge in [-0.3, -0.25) is 9.69 Å². The minimum atomic E-state index is 0.117. The predicted octanol–water partition coefficient (Wildman–Crippen LogP) is 3.92. The number of piperidine rings is 2. The molecule has 2 saturated heterocycles. The third-order valence-corrected chi connectivity index (χ3v) is 5.47. The second kappa shape index (κ2) is 7.23. The van der Waals surface area contributed by atoms with Crippen molar-refractivity contribution in [2.45, 2.75) is 39.2 Å². The lowest BCUT2D eigenvalue weighted by molar-refractivity contribution is 0.0450. The second-order valence-corrected chi connectivity index (χ2v) is 7.87. The maximum absolute atomic E-state index is 12.6. The number of rotatable bonds is 2. The summed E-state index contributed by atoms with van der Waals surface area (Å²) in [4.78, 5) is 17.2. The molecule has 2 aliphatic heterocycles. The van der Waals surface area contributed by atoms with Gasteiger partial charge < -0.3 is 4.90 Å². The van der Waals surface area contributed by atoms with E-state index in [0.29, 0.717) is 16.6 Å². The molecule has 0 spiro atoms. The van der Waals surface area contributed by atoms with Crippen LogP contribution < -0.4 is 0 Å². The van der Waals surface area contributed by atoms with E-state index in [-0.39, 0.29) is 5.91 Å². The topological polar surface area (TPSA) is 23.6 Å². The summed E-state index contributed by atoms with van der Waals surface area (Å²) in [6.45, 7) is 8.87. The van der Waals surface area contributed by atoms with Crippen molar-refractivity contribution in [3.8, 4) is 0 Å². The molecule has 2 fully saturated rings. The van der Waals surface area contributed by atoms with E-state index < -0.39 is 0 Å². The van der Waals surface area contributed by atoms with Crippen LogP contribution in [-0.2, 0) is 0 Å². The van der Waals surface area contributed by atoms with Gasteiger partial charge in [0, 0.05) is 42.8 Å². The van der Waals surface area contributed by atoms with Crippen LogP contribution in [0.25, 0.3) is 0 Å². The summed E-state index contributed by atoms with van der Waals surface area (Å²) < 4.78 is 0. The molecule has 2 heterocycles. The van der Waals surface area contributed by atoms with Gasteiger partial charge in [0.25, 0.3) is 5.91 Å². The lowest BCUT2D eigenvalue weighted by atomic mass is 9.89. The van der Waals surface area contributed by atoms with Gasteiger partial charge in [-0.15, -0.1) is 0 Å². The summed E-state index contributed by atoms with van der Waals surface area (Å²) in [6, 6.07) is 7.92. The molecule has 0 N–H and O–H groups in total. The Morgan fingerprint density at radius 2 is 1.78 bits per heavy atom. The number of hydrogen-bond acceptors (Lipinski definition) is 2. The normalized spacial score (nSPS) is 27.2. The average Bonchev–Trinajstić information content (AvgIpc) is 2.53. The molecule has 23 heavy (non-hydrogen) atoms. The van der Waals surface area contributed by atoms with Crippen LogP contribution in [0.1, 0.15) is 43.5 Å². The molecule has 0 bridgehead atoms. The van der Waals surface area contributed by atoms with Gasteiger partial charge in [-0.2, -0.15) is 0 Å². The molecule has 0 unspecified atom stereocenters. The first-order valence-corrected chi connectivity index (χ1v) is 9.19. The summed E-state index contributed by atoms with van der Waals surface area (Å²) >= 11 is 6.00. The molecule has 2 atom stereocenters. The smallest absolute Gasteiger partial charge is 0.253 e. The summed E-state index contributed by atoms with van der Waals surface area (Å²) in [6.07, 6.45) is 3.53. The second-order valence-electron chi connectivity index (χ2n) is 7.43. The van der Waals surface area contributed by atoms with Crippen molar-refractivity contribution in [2.75, 3.05) is 26.2 Å². The predicted molar refractivity (Wildman–Crippen MR) is 94.9 cm³/mol. The Hall–Kier alpha value is -1.06. The summed E-state index contributed by atoms with van der Waals surface area (Å²) in [7, 11) is 0. The zero-order valence-corrected chi connectivity index (χ0v) is 14.9. The fraction of sp³-hybridized carbons (Fsp3) is 0.632. The van der Waals surface area contributed by atoms with Crippen LogP contribution in [0.2, 0.25) is 5.02 Å². The van der Waals surface area contributed by atoms with Gasteiger partial charge in [-0.25, -0.2) is 0 Å². The Morgan fingerprint density at radius 1 is 1.13 bits per heavy atom. The summed E-state index contributed by atoms with van der Waals surface area (Å²) in [5.74, 6) is 1.71. The van der Waals surface area contributed by atoms with Crippen molar-refractivity contribution in [1.29, 1.82) is 0 Å². The van der Waals surface area contributed by atoms with Crippen LogP contribution in [0.5, 0.6) is 0 Å². The molecule has 126 valence electrons. The van der Waals surface area contributed by atoms with Gasteiger partial charge in [0.1, 0.15) is 0 Å². The minimum absolute atomic E-state index is 0.117. The van der Waals surface area contributed by atoms with Gasteiger partial charge in [0.2, 0.25) is 0 Å². The largest absolute Gasteiger partial charge is 0.339 e. The molecule has 0 radical (unpaired) electrons. The number of benzene rings is 1. The van der Waals surface area contributed by atoms with Gasteiger partial charge in [-0.1, -0.05) is 31.5 Å². The lowest BCUT2D eigenvalue weighted by Gasteiger charge is -2.43. The maximum Gasteiger partial charge on any atom is 0.253 e. The zero-order valence-electron chi connectivity index (χ0n) is 14.2. The molecule has 4 heteroatoms. The Balaban J connectivity index is 1.57. The molecular formula is C19H27ClN2O. The molecular weight excluding hydrogens is 308 g/mol. The fourth-order valence-corrected chi connectivity index (χ4v) is 4.44. The fourth-order valence-electron chi connectivity index (χ4n) is 4.25. The van der Waals surface area contributed by atoms with E-state index >= 15 is 0 Å². The number of amides is 1. The van der Waals surface area contributed by atoms with E-state index in [1.807, 2.05) is 23.1 Å². The highest BCUT2D eigenvalue weighted by molar-refractivity contribution is 6.30. The highest BCUT2D eigenvalue weighted by Gasteiger charge is 2.31. The van der Waals surface area contributed by atoms with E-state index in [1.165, 1.54) is 19.5 Å². The monoisotopic (exact) mass is 334 g/mol. The third kappa shape index (κ3) is 4.07. The molecule has 0 aliphatic carbocycles. The Morgan fingerprint density at radius 3 is 2.39 bits per heavy atom. The number of hydrogen-bond donors (Lipinski definition) is 0. The molecule has 1 aromatic carbocycles. The molecule has 3 rings (SSSR count). The first-order valence-electron chi connectivity index (χ1n) is 8.82. The van der Waals surface area contributed by atoms with E-state index in [4.69, 9.17) is 11.6 Å². The van der Waals surface area contributed by atoms with Gasteiger partial charge in [0.05, 0.1) is 0 Å². The quantitative estimate of drug-likeness (QED) is 0.818. The van der Waals surface area contributed by atoms with Crippen molar-refractivity contribution in [3.05, 3.63) is 34.9 Å². The zero-order chi connectivity index (χ0) is 16.4. The van der Waals surface area contributed by atoms with Crippen LogP contribution in [0.4, 0.5) is 0 Å². The average molecular weight is 335 g/mol. The first kappa shape index (κ1) is 16.8. The van der Waals surface area contributed by atoms with Crippen molar-refractivity contribution in [2.24, 2.45) is 11.8 Å². The third-order valence-electron chi connectivity index (χ3n) is 5.24. The van der Waals surface area contributed by atoms with Crippen molar-refractivity contribution in [1.82, 2.24) is 9.80 Å². The van der Waals surface area contributed by atoms with E-state index in [1.54, 1.807) is 6.07 Å². The highest BCUT2D eigenvalue weighted by Crippen LogP contribution is 2.27. The molecule has 0 aromatic heterocycles. The number of carbonyl (C=O) groups excluding carboxylic acids is 1. The number of carbonyl (C=O) groups is 1. The molecule has 1 aromatic rings. The number of likely N-dealkylation sites (tertiary alicyclic amines) is 2. The Labute approximate surface area is 144 Å². The van der Waals surface area contributed by atoms with E-state index in [2.05, 4.69) is 18.7 Å². The maximum atomic E-state index is 12.6. The van der Waals surface area contributed by atoms with Crippen LogP contribution in [0.3, 0.4) is 0 Å². The van der Waals surface area contributed by atoms with Gasteiger partial charge >= 0.3 is 0 Å². The lowest BCUT2D eigenvalue weighted by Crippen LogP contribution is -2.50. The molecule has 0 saturated carbocycles. The van der Waals surface area contributed by atoms with Gasteiger partial charge in [0.15, 0.2) is 0 Å². The standard InChI is InChI=1S/C19H27ClN2O/c1-14-10-15(2)13-22(12-14)18-6-8-21(9-7-18)19(23)16-4-3-5-17(20)11-16/h3-5,11,14-15,18H,6-10,12-13H2,1-2H3/t14-,15-/m1/s1. The SMILES string of the molecule is C[C@@H]1C[C@@H](C)CN(C2CCN(C(=O)c3cccc(Cl)c3)CC2)C1. The molecule has 1 amide bonds. The molecule has 3 nitrogen and oxygen atoms in total. The van der Waals surface area contributed by atoms with Crippen LogP contribution >= 0.6 is 11.6 Å². The Kier molecular flexibility index (Phi) is 5.27. The summed E-state index contributed by atoms with van der Waals surface area (Å²) in [5.41, 5.74) is 0.705. The van der Waals surface area contributed by atoms with E-state index in [0.717, 1.165) is 37.8 Å². The van der Waals surface area contributed by atoms with E-state index in [9.17, 15) is 4.79 Å². The van der Waals surface area contributed by atoms with Crippen LogP contribution in [0, 0.1) is 11.8 Å². The minimum Gasteiger partial charge on any atom is -0.339 e. The van der Waals surface area contributed by atoms with Crippen LogP contribution in [0.15, 0.2) is 24.3 Å². The van der Waals surface area contributed by atoms with Gasteiger partial charge in [-0.05, 0) is 49.3 Å². The first-order chi connectivity index (χ1) is 11.0. The highest BCUT2D eigenvalue weighted by atomic mass is 35.5. The molecule has 2 aliphatic rings. The van der Waals surface area contributed by atoms with Crippen molar-refractivity contribution >= 4 is 17.5 Å². The van der Waals surface area contributed by atoms with Crippen LogP contribution in [-0.4, -0.2) is 47.9 Å².